The van der Waals surface area contributed by atoms with Crippen molar-refractivity contribution in [3.63, 3.8) is 0 Å². The molecule has 0 saturated heterocycles. The minimum Gasteiger partial charge on any atom is -0.465 e. The maximum Gasteiger partial charge on any atom is 0.337 e. The van der Waals surface area contributed by atoms with Gasteiger partial charge in [0.1, 0.15) is 0 Å². The van der Waals surface area contributed by atoms with Crippen LogP contribution in [-0.2, 0) is 14.8 Å². The van der Waals surface area contributed by atoms with E-state index < -0.39 is 16.0 Å². The van der Waals surface area contributed by atoms with Crippen molar-refractivity contribution in [2.45, 2.75) is 32.1 Å². The molecular weight excluding hydrogens is 290 g/mol. The van der Waals surface area contributed by atoms with Gasteiger partial charge in [-0.15, -0.1) is 0 Å². The van der Waals surface area contributed by atoms with Crippen molar-refractivity contribution < 1.29 is 17.9 Å². The van der Waals surface area contributed by atoms with Crippen molar-refractivity contribution in [3.8, 4) is 0 Å². The largest absolute Gasteiger partial charge is 0.465 e. The average molecular weight is 311 g/mol. The molecule has 2 rings (SSSR count). The molecule has 1 N–H and O–H groups in total. The molecule has 1 aromatic rings. The van der Waals surface area contributed by atoms with E-state index in [0.29, 0.717) is 11.3 Å². The molecule has 0 radical (unpaired) electrons. The molecule has 6 heteroatoms. The van der Waals surface area contributed by atoms with Gasteiger partial charge < -0.3 is 4.74 Å². The molecule has 0 bridgehead atoms. The lowest BCUT2D eigenvalue weighted by Crippen LogP contribution is -2.24. The van der Waals surface area contributed by atoms with Crippen LogP contribution in [-0.4, -0.2) is 27.2 Å². The number of sulfonamides is 1. The van der Waals surface area contributed by atoms with Crippen molar-refractivity contribution >= 4 is 21.7 Å². The highest BCUT2D eigenvalue weighted by atomic mass is 32.2. The second kappa shape index (κ2) is 6.93. The van der Waals surface area contributed by atoms with Crippen molar-refractivity contribution in [2.75, 3.05) is 17.6 Å². The highest BCUT2D eigenvalue weighted by Gasteiger charge is 2.21. The number of rotatable bonds is 5. The molecule has 0 unspecified atom stereocenters. The van der Waals surface area contributed by atoms with Crippen LogP contribution in [0.2, 0.25) is 0 Å². The third-order valence-electron chi connectivity index (χ3n) is 3.76. The summed E-state index contributed by atoms with van der Waals surface area (Å²) in [6, 6.07) is 6.24. The summed E-state index contributed by atoms with van der Waals surface area (Å²) in [5.74, 6) is -0.0108. The van der Waals surface area contributed by atoms with Gasteiger partial charge in [-0.1, -0.05) is 19.3 Å². The Kier molecular flexibility index (Phi) is 5.22. The normalized spacial score (nSPS) is 16.4. The molecule has 0 atom stereocenters. The number of hydrogen-bond acceptors (Lipinski definition) is 4. The molecule has 5 nitrogen and oxygen atoms in total. The number of benzene rings is 1. The zero-order chi connectivity index (χ0) is 15.3. The molecule has 1 saturated carbocycles. The summed E-state index contributed by atoms with van der Waals surface area (Å²) in [6.45, 7) is 0. The van der Waals surface area contributed by atoms with Crippen LogP contribution < -0.4 is 4.72 Å². The Morgan fingerprint density at radius 1 is 1.19 bits per heavy atom. The van der Waals surface area contributed by atoms with Gasteiger partial charge in [-0.05, 0) is 43.0 Å². The quantitative estimate of drug-likeness (QED) is 0.849. The van der Waals surface area contributed by atoms with Gasteiger partial charge in [0.25, 0.3) is 0 Å². The first kappa shape index (κ1) is 15.8. The number of nitrogens with one attached hydrogen (secondary N) is 1. The molecule has 21 heavy (non-hydrogen) atoms. The predicted octanol–water partition coefficient (Wildman–Crippen LogP) is 2.80. The molecule has 0 amide bonds. The zero-order valence-corrected chi connectivity index (χ0v) is 13.0. The van der Waals surface area contributed by atoms with Gasteiger partial charge in [0.05, 0.1) is 18.4 Å². The minimum absolute atomic E-state index is 0.172. The Labute approximate surface area is 125 Å². The number of esters is 1. The van der Waals surface area contributed by atoms with Gasteiger partial charge in [-0.25, -0.2) is 13.2 Å². The summed E-state index contributed by atoms with van der Waals surface area (Å²) in [4.78, 5) is 11.3. The van der Waals surface area contributed by atoms with Crippen molar-refractivity contribution in [2.24, 2.45) is 5.92 Å². The van der Waals surface area contributed by atoms with Crippen LogP contribution in [0.3, 0.4) is 0 Å². The van der Waals surface area contributed by atoms with Gasteiger partial charge in [0.15, 0.2) is 0 Å². The van der Waals surface area contributed by atoms with E-state index in [4.69, 9.17) is 0 Å². The van der Waals surface area contributed by atoms with E-state index in [9.17, 15) is 13.2 Å². The van der Waals surface area contributed by atoms with Crippen molar-refractivity contribution in [1.82, 2.24) is 0 Å². The Balaban J connectivity index is 1.97. The predicted molar refractivity (Wildman–Crippen MR) is 81.8 cm³/mol. The molecule has 0 aromatic heterocycles. The average Bonchev–Trinajstić information content (AvgIpc) is 2.47. The lowest BCUT2D eigenvalue weighted by molar-refractivity contribution is 0.0601. The second-order valence-electron chi connectivity index (χ2n) is 5.46. The van der Waals surface area contributed by atoms with Gasteiger partial charge in [0, 0.05) is 5.69 Å². The van der Waals surface area contributed by atoms with E-state index in [2.05, 4.69) is 9.46 Å². The molecule has 0 spiro atoms. The molecule has 1 aliphatic carbocycles. The third-order valence-corrected chi connectivity index (χ3v) is 5.22. The topological polar surface area (TPSA) is 72.5 Å². The zero-order valence-electron chi connectivity index (χ0n) is 12.2. The number of anilines is 1. The first-order valence-corrected chi connectivity index (χ1v) is 8.84. The smallest absolute Gasteiger partial charge is 0.337 e. The fraction of sp³-hybridized carbons (Fsp3) is 0.533. The molecular formula is C15H21NO4S. The van der Waals surface area contributed by atoms with Crippen molar-refractivity contribution in [1.29, 1.82) is 0 Å². The van der Waals surface area contributed by atoms with E-state index in [1.165, 1.54) is 13.5 Å². The third kappa shape index (κ3) is 4.74. The molecule has 1 fully saturated rings. The van der Waals surface area contributed by atoms with Crippen LogP contribution in [0.15, 0.2) is 24.3 Å². The summed E-state index contributed by atoms with van der Waals surface area (Å²) < 4.78 is 31.5. The second-order valence-corrected chi connectivity index (χ2v) is 7.22. The van der Waals surface area contributed by atoms with E-state index >= 15 is 0 Å². The molecule has 1 aliphatic rings. The highest BCUT2D eigenvalue weighted by Crippen LogP contribution is 2.25. The maximum absolute atomic E-state index is 12.1. The summed E-state index contributed by atoms with van der Waals surface area (Å²) in [6.07, 6.45) is 5.42. The fourth-order valence-corrected chi connectivity index (χ4v) is 4.21. The number of carbonyl (C=O) groups excluding carboxylic acids is 1. The van der Waals surface area contributed by atoms with Crippen LogP contribution in [0.4, 0.5) is 5.69 Å². The Hall–Kier alpha value is -1.56. The van der Waals surface area contributed by atoms with Gasteiger partial charge in [-0.3, -0.25) is 4.72 Å². The number of methoxy groups -OCH3 is 1. The monoisotopic (exact) mass is 311 g/mol. The van der Waals surface area contributed by atoms with E-state index in [-0.39, 0.29) is 11.7 Å². The fourth-order valence-electron chi connectivity index (χ4n) is 2.68. The van der Waals surface area contributed by atoms with Gasteiger partial charge in [-0.2, -0.15) is 0 Å². The van der Waals surface area contributed by atoms with Gasteiger partial charge in [0.2, 0.25) is 10.0 Å². The SMILES string of the molecule is COC(=O)c1ccc(NS(=O)(=O)CC2CCCCC2)cc1. The van der Waals surface area contributed by atoms with Crippen molar-refractivity contribution in [3.05, 3.63) is 29.8 Å². The molecule has 0 heterocycles. The molecule has 116 valence electrons. The van der Waals surface area contributed by atoms with Crippen LogP contribution in [0.5, 0.6) is 0 Å². The Morgan fingerprint density at radius 3 is 2.38 bits per heavy atom. The number of hydrogen-bond donors (Lipinski definition) is 1. The molecule has 1 aromatic carbocycles. The van der Waals surface area contributed by atoms with Crippen LogP contribution in [0.25, 0.3) is 0 Å². The van der Waals surface area contributed by atoms with E-state index in [1.54, 1.807) is 24.3 Å². The minimum atomic E-state index is -3.34. The lowest BCUT2D eigenvalue weighted by atomic mass is 9.91. The standard InChI is InChI=1S/C15H21NO4S/c1-20-15(17)13-7-9-14(10-8-13)16-21(18,19)11-12-5-3-2-4-6-12/h7-10,12,16H,2-6,11H2,1H3. The van der Waals surface area contributed by atoms with E-state index in [0.717, 1.165) is 25.7 Å². The summed E-state index contributed by atoms with van der Waals surface area (Å²) in [7, 11) is -2.03. The first-order valence-electron chi connectivity index (χ1n) is 7.19. The summed E-state index contributed by atoms with van der Waals surface area (Å²) in [5.41, 5.74) is 0.867. The van der Waals surface area contributed by atoms with E-state index in [1.807, 2.05) is 0 Å². The van der Waals surface area contributed by atoms with Gasteiger partial charge >= 0.3 is 5.97 Å². The summed E-state index contributed by atoms with van der Waals surface area (Å²) >= 11 is 0. The number of carbonyl (C=O) groups is 1. The van der Waals surface area contributed by atoms with Crippen LogP contribution >= 0.6 is 0 Å². The first-order chi connectivity index (χ1) is 10.00. The summed E-state index contributed by atoms with van der Waals surface area (Å²) in [5, 5.41) is 0. The lowest BCUT2D eigenvalue weighted by Gasteiger charge is -2.21. The molecule has 0 aliphatic heterocycles. The Bertz CT molecular complexity index is 574. The van der Waals surface area contributed by atoms with Crippen LogP contribution in [0.1, 0.15) is 42.5 Å². The van der Waals surface area contributed by atoms with Crippen LogP contribution in [0, 0.1) is 5.92 Å². The number of ether oxygens (including phenoxy) is 1. The Morgan fingerprint density at radius 2 is 1.81 bits per heavy atom. The maximum atomic E-state index is 12.1. The highest BCUT2D eigenvalue weighted by molar-refractivity contribution is 7.92.